The zero-order chi connectivity index (χ0) is 13.2. The molecule has 3 nitrogen and oxygen atoms in total. The van der Waals surface area contributed by atoms with Crippen LogP contribution in [0.25, 0.3) is 0 Å². The summed E-state index contributed by atoms with van der Waals surface area (Å²) < 4.78 is 2.10. The van der Waals surface area contributed by atoms with Crippen LogP contribution in [0.3, 0.4) is 0 Å². The van der Waals surface area contributed by atoms with Gasteiger partial charge in [-0.15, -0.1) is 0 Å². The Hall–Kier alpha value is -0.830. The first-order valence-electron chi connectivity index (χ1n) is 7.25. The quantitative estimate of drug-likeness (QED) is 0.891. The highest BCUT2D eigenvalue weighted by molar-refractivity contribution is 4.97. The summed E-state index contributed by atoms with van der Waals surface area (Å²) in [6.07, 6.45) is 10.9. The molecule has 1 heterocycles. The van der Waals surface area contributed by atoms with Crippen LogP contribution in [-0.2, 0) is 13.5 Å². The van der Waals surface area contributed by atoms with Crippen LogP contribution in [0.15, 0.2) is 12.4 Å². The Balaban J connectivity index is 1.85. The minimum atomic E-state index is 0.0529. The van der Waals surface area contributed by atoms with Crippen LogP contribution >= 0.6 is 0 Å². The number of nitrogens with two attached hydrogens (primary N) is 1. The molecule has 0 atom stereocenters. The van der Waals surface area contributed by atoms with E-state index in [1.807, 2.05) is 12.4 Å². The Morgan fingerprint density at radius 1 is 1.44 bits per heavy atom. The van der Waals surface area contributed by atoms with Gasteiger partial charge in [-0.05, 0) is 43.9 Å². The maximum absolute atomic E-state index is 6.55. The normalized spacial score (nSPS) is 28.8. The van der Waals surface area contributed by atoms with Crippen LogP contribution < -0.4 is 5.73 Å². The van der Waals surface area contributed by atoms with Crippen LogP contribution in [-0.4, -0.2) is 15.1 Å². The van der Waals surface area contributed by atoms with Crippen molar-refractivity contribution in [1.29, 1.82) is 0 Å². The Morgan fingerprint density at radius 2 is 2.11 bits per heavy atom. The standard InChI is InChI=1S/C15H27N3/c1-12(2)13-4-7-15(16,8-5-13)9-6-14-17-10-11-18(14)3/h10-13H,4-9,16H2,1-3H3. The molecule has 0 bridgehead atoms. The van der Waals surface area contributed by atoms with Gasteiger partial charge in [0.15, 0.2) is 0 Å². The zero-order valence-electron chi connectivity index (χ0n) is 12.0. The molecule has 1 fully saturated rings. The van der Waals surface area contributed by atoms with E-state index in [9.17, 15) is 0 Å². The van der Waals surface area contributed by atoms with Gasteiger partial charge in [-0.1, -0.05) is 13.8 Å². The summed E-state index contributed by atoms with van der Waals surface area (Å²) in [6, 6.07) is 0. The fraction of sp³-hybridized carbons (Fsp3) is 0.800. The lowest BCUT2D eigenvalue weighted by Crippen LogP contribution is -2.44. The molecule has 0 aliphatic heterocycles. The van der Waals surface area contributed by atoms with Crippen LogP contribution in [0.5, 0.6) is 0 Å². The lowest BCUT2D eigenvalue weighted by atomic mass is 9.71. The smallest absolute Gasteiger partial charge is 0.108 e. The van der Waals surface area contributed by atoms with Crippen LogP contribution in [0, 0.1) is 11.8 Å². The van der Waals surface area contributed by atoms with Crippen molar-refractivity contribution in [2.75, 3.05) is 0 Å². The number of rotatable bonds is 4. The third-order valence-corrected chi connectivity index (χ3v) is 4.74. The van der Waals surface area contributed by atoms with E-state index in [4.69, 9.17) is 5.73 Å². The summed E-state index contributed by atoms with van der Waals surface area (Å²) in [6.45, 7) is 4.67. The highest BCUT2D eigenvalue weighted by Crippen LogP contribution is 2.36. The van der Waals surface area contributed by atoms with Crippen molar-refractivity contribution in [2.45, 2.75) is 57.9 Å². The molecule has 0 radical (unpaired) electrons. The van der Waals surface area contributed by atoms with Crippen molar-refractivity contribution in [3.05, 3.63) is 18.2 Å². The predicted octanol–water partition coefficient (Wildman–Crippen LogP) is 2.90. The fourth-order valence-electron chi connectivity index (χ4n) is 3.13. The predicted molar refractivity (Wildman–Crippen MR) is 75.2 cm³/mol. The Labute approximate surface area is 111 Å². The van der Waals surface area contributed by atoms with E-state index in [0.717, 1.165) is 30.5 Å². The van der Waals surface area contributed by atoms with E-state index in [1.165, 1.54) is 25.7 Å². The molecule has 18 heavy (non-hydrogen) atoms. The molecule has 102 valence electrons. The number of nitrogens with zero attached hydrogens (tertiary/aromatic N) is 2. The Kier molecular flexibility index (Phi) is 4.10. The molecular formula is C15H27N3. The highest BCUT2D eigenvalue weighted by atomic mass is 15.0. The summed E-state index contributed by atoms with van der Waals surface area (Å²) >= 11 is 0. The summed E-state index contributed by atoms with van der Waals surface area (Å²) in [5.41, 5.74) is 6.60. The van der Waals surface area contributed by atoms with Gasteiger partial charge in [-0.25, -0.2) is 4.98 Å². The number of imidazole rings is 1. The average Bonchev–Trinajstić information content (AvgIpc) is 2.73. The topological polar surface area (TPSA) is 43.8 Å². The number of aryl methyl sites for hydroxylation is 2. The van der Waals surface area contributed by atoms with Crippen LogP contribution in [0.4, 0.5) is 0 Å². The summed E-state index contributed by atoms with van der Waals surface area (Å²) in [5.74, 6) is 2.85. The summed E-state index contributed by atoms with van der Waals surface area (Å²) in [7, 11) is 2.06. The SMILES string of the molecule is CC(C)C1CCC(N)(CCc2nccn2C)CC1. The van der Waals surface area contributed by atoms with E-state index >= 15 is 0 Å². The summed E-state index contributed by atoms with van der Waals surface area (Å²) in [4.78, 5) is 4.38. The molecule has 0 saturated heterocycles. The van der Waals surface area contributed by atoms with Gasteiger partial charge < -0.3 is 10.3 Å². The third-order valence-electron chi connectivity index (χ3n) is 4.74. The van der Waals surface area contributed by atoms with Crippen LogP contribution in [0.2, 0.25) is 0 Å². The summed E-state index contributed by atoms with van der Waals surface area (Å²) in [5, 5.41) is 0. The van der Waals surface area contributed by atoms with E-state index in [-0.39, 0.29) is 5.54 Å². The van der Waals surface area contributed by atoms with Crippen molar-refractivity contribution >= 4 is 0 Å². The lowest BCUT2D eigenvalue weighted by Gasteiger charge is -2.38. The zero-order valence-corrected chi connectivity index (χ0v) is 12.0. The number of hydrogen-bond donors (Lipinski definition) is 1. The molecule has 1 aliphatic carbocycles. The van der Waals surface area contributed by atoms with Gasteiger partial charge in [0.2, 0.25) is 0 Å². The van der Waals surface area contributed by atoms with Gasteiger partial charge >= 0.3 is 0 Å². The molecule has 2 N–H and O–H groups in total. The molecule has 1 aromatic heterocycles. The average molecular weight is 249 g/mol. The van der Waals surface area contributed by atoms with E-state index < -0.39 is 0 Å². The molecule has 1 aromatic rings. The number of hydrogen-bond acceptors (Lipinski definition) is 2. The van der Waals surface area contributed by atoms with E-state index in [0.29, 0.717) is 0 Å². The maximum atomic E-state index is 6.55. The molecule has 0 spiro atoms. The van der Waals surface area contributed by atoms with Crippen molar-refractivity contribution in [1.82, 2.24) is 9.55 Å². The minimum absolute atomic E-state index is 0.0529. The largest absolute Gasteiger partial charge is 0.338 e. The van der Waals surface area contributed by atoms with E-state index in [1.54, 1.807) is 0 Å². The lowest BCUT2D eigenvalue weighted by molar-refractivity contribution is 0.186. The van der Waals surface area contributed by atoms with Gasteiger partial charge in [0.05, 0.1) is 0 Å². The van der Waals surface area contributed by atoms with Gasteiger partial charge in [0.25, 0.3) is 0 Å². The minimum Gasteiger partial charge on any atom is -0.338 e. The molecule has 3 heteroatoms. The third kappa shape index (κ3) is 3.14. The van der Waals surface area contributed by atoms with Gasteiger partial charge in [-0.2, -0.15) is 0 Å². The van der Waals surface area contributed by atoms with Gasteiger partial charge in [0, 0.05) is 31.4 Å². The number of aromatic nitrogens is 2. The molecule has 0 unspecified atom stereocenters. The highest BCUT2D eigenvalue weighted by Gasteiger charge is 2.32. The van der Waals surface area contributed by atoms with Gasteiger partial charge in [-0.3, -0.25) is 0 Å². The molecule has 0 amide bonds. The molecule has 2 rings (SSSR count). The van der Waals surface area contributed by atoms with Crippen molar-refractivity contribution in [2.24, 2.45) is 24.6 Å². The first kappa shape index (κ1) is 13.6. The van der Waals surface area contributed by atoms with Crippen molar-refractivity contribution < 1.29 is 0 Å². The fourth-order valence-corrected chi connectivity index (χ4v) is 3.13. The van der Waals surface area contributed by atoms with E-state index in [2.05, 4.69) is 30.4 Å². The second-order valence-electron chi connectivity index (χ2n) is 6.40. The monoisotopic (exact) mass is 249 g/mol. The van der Waals surface area contributed by atoms with Crippen LogP contribution in [0.1, 0.15) is 51.8 Å². The molecular weight excluding hydrogens is 222 g/mol. The first-order chi connectivity index (χ1) is 8.50. The van der Waals surface area contributed by atoms with Crippen molar-refractivity contribution in [3.63, 3.8) is 0 Å². The Bertz CT molecular complexity index is 373. The van der Waals surface area contributed by atoms with Crippen molar-refractivity contribution in [3.8, 4) is 0 Å². The second-order valence-corrected chi connectivity index (χ2v) is 6.40. The first-order valence-corrected chi connectivity index (χ1v) is 7.25. The Morgan fingerprint density at radius 3 is 2.61 bits per heavy atom. The van der Waals surface area contributed by atoms with Gasteiger partial charge in [0.1, 0.15) is 5.82 Å². The molecule has 1 saturated carbocycles. The molecule has 0 aromatic carbocycles. The second kappa shape index (κ2) is 5.43. The maximum Gasteiger partial charge on any atom is 0.108 e. The molecule has 1 aliphatic rings.